The van der Waals surface area contributed by atoms with Crippen LogP contribution in [0.25, 0.3) is 0 Å². The first kappa shape index (κ1) is 18.0. The predicted octanol–water partition coefficient (Wildman–Crippen LogP) is 3.50. The number of nitrogens with zero attached hydrogens (tertiary/aromatic N) is 3. The van der Waals surface area contributed by atoms with Gasteiger partial charge < -0.3 is 15.0 Å². The number of ether oxygens (including phenoxy) is 1. The van der Waals surface area contributed by atoms with Gasteiger partial charge in [0.15, 0.2) is 11.5 Å². The molecule has 1 N–H and O–H groups in total. The van der Waals surface area contributed by atoms with Gasteiger partial charge in [-0.15, -0.1) is 10.2 Å². The third-order valence-electron chi connectivity index (χ3n) is 4.88. The maximum Gasteiger partial charge on any atom is 0.272 e. The molecule has 2 aromatic carbocycles. The van der Waals surface area contributed by atoms with Crippen LogP contribution in [0.2, 0.25) is 0 Å². The lowest BCUT2D eigenvalue weighted by atomic mass is 10.0. The van der Waals surface area contributed by atoms with Crippen molar-refractivity contribution in [3.05, 3.63) is 77.5 Å². The molecule has 1 amide bonds. The summed E-state index contributed by atoms with van der Waals surface area (Å²) >= 11 is 0. The molecular formula is C22H22N4O2. The lowest BCUT2D eigenvalue weighted by molar-refractivity contribution is 0.0945. The van der Waals surface area contributed by atoms with Crippen LogP contribution in [0.4, 0.5) is 11.5 Å². The molecule has 28 heavy (non-hydrogen) atoms. The normalized spacial score (nSPS) is 13.0. The zero-order chi connectivity index (χ0) is 19.3. The predicted molar refractivity (Wildman–Crippen MR) is 108 cm³/mol. The summed E-state index contributed by atoms with van der Waals surface area (Å²) in [6, 6.07) is 19.5. The second kappa shape index (κ2) is 8.08. The number of hydrogen-bond acceptors (Lipinski definition) is 5. The van der Waals surface area contributed by atoms with Gasteiger partial charge in [-0.2, -0.15) is 0 Å². The van der Waals surface area contributed by atoms with Crippen LogP contribution in [0.1, 0.15) is 28.0 Å². The molecule has 1 aliphatic heterocycles. The molecule has 6 nitrogen and oxygen atoms in total. The van der Waals surface area contributed by atoms with E-state index < -0.39 is 0 Å². The number of aryl methyl sites for hydroxylation is 1. The minimum absolute atomic E-state index is 0.242. The van der Waals surface area contributed by atoms with Crippen molar-refractivity contribution in [3.8, 4) is 5.75 Å². The molecule has 0 aliphatic carbocycles. The Morgan fingerprint density at radius 1 is 1.07 bits per heavy atom. The number of anilines is 2. The van der Waals surface area contributed by atoms with Crippen molar-refractivity contribution in [1.29, 1.82) is 0 Å². The van der Waals surface area contributed by atoms with Crippen LogP contribution >= 0.6 is 0 Å². The van der Waals surface area contributed by atoms with Gasteiger partial charge in [0.25, 0.3) is 5.91 Å². The summed E-state index contributed by atoms with van der Waals surface area (Å²) < 4.78 is 5.14. The van der Waals surface area contributed by atoms with Crippen molar-refractivity contribution in [3.63, 3.8) is 0 Å². The first-order chi connectivity index (χ1) is 13.7. The third-order valence-corrected chi connectivity index (χ3v) is 4.88. The summed E-state index contributed by atoms with van der Waals surface area (Å²) in [6.07, 6.45) is 2.15. The number of carbonyl (C=O) groups is 1. The maximum absolute atomic E-state index is 12.4. The molecule has 6 heteroatoms. The Balaban J connectivity index is 1.42. The van der Waals surface area contributed by atoms with Crippen molar-refractivity contribution in [2.75, 3.05) is 18.6 Å². The Morgan fingerprint density at radius 2 is 1.89 bits per heavy atom. The monoisotopic (exact) mass is 374 g/mol. The van der Waals surface area contributed by atoms with Gasteiger partial charge in [-0.25, -0.2) is 0 Å². The van der Waals surface area contributed by atoms with E-state index in [0.29, 0.717) is 12.2 Å². The number of hydrogen-bond donors (Lipinski definition) is 1. The van der Waals surface area contributed by atoms with E-state index in [-0.39, 0.29) is 5.91 Å². The SMILES string of the molecule is COc1ccc(CNC(=O)c2ccc(N3CCCc4ccccc43)nn2)cc1. The van der Waals surface area contributed by atoms with Gasteiger partial charge in [0, 0.05) is 18.8 Å². The highest BCUT2D eigenvalue weighted by Gasteiger charge is 2.19. The number of para-hydroxylation sites is 1. The maximum atomic E-state index is 12.4. The molecule has 0 radical (unpaired) electrons. The molecule has 0 unspecified atom stereocenters. The minimum Gasteiger partial charge on any atom is -0.497 e. The first-order valence-corrected chi connectivity index (χ1v) is 9.35. The highest BCUT2D eigenvalue weighted by molar-refractivity contribution is 5.92. The summed E-state index contributed by atoms with van der Waals surface area (Å²) in [6.45, 7) is 1.32. The molecule has 0 fully saturated rings. The molecule has 0 spiro atoms. The summed E-state index contributed by atoms with van der Waals surface area (Å²) in [5, 5.41) is 11.3. The third kappa shape index (κ3) is 3.81. The second-order valence-corrected chi connectivity index (χ2v) is 6.69. The zero-order valence-electron chi connectivity index (χ0n) is 15.8. The van der Waals surface area contributed by atoms with Crippen molar-refractivity contribution >= 4 is 17.4 Å². The van der Waals surface area contributed by atoms with Crippen molar-refractivity contribution < 1.29 is 9.53 Å². The average molecular weight is 374 g/mol. The van der Waals surface area contributed by atoms with Crippen LogP contribution in [-0.2, 0) is 13.0 Å². The van der Waals surface area contributed by atoms with Crippen LogP contribution < -0.4 is 15.0 Å². The molecule has 0 bridgehead atoms. The Labute approximate surface area is 164 Å². The Bertz CT molecular complexity index is 955. The van der Waals surface area contributed by atoms with Crippen molar-refractivity contribution in [2.24, 2.45) is 0 Å². The van der Waals surface area contributed by atoms with Gasteiger partial charge in [-0.05, 0) is 54.3 Å². The number of nitrogens with one attached hydrogen (secondary N) is 1. The van der Waals surface area contributed by atoms with E-state index in [9.17, 15) is 4.79 Å². The van der Waals surface area contributed by atoms with Crippen molar-refractivity contribution in [1.82, 2.24) is 15.5 Å². The molecule has 142 valence electrons. The van der Waals surface area contributed by atoms with Gasteiger partial charge in [0.2, 0.25) is 0 Å². The Hall–Kier alpha value is -3.41. The van der Waals surface area contributed by atoms with E-state index >= 15 is 0 Å². The number of rotatable bonds is 5. The fourth-order valence-electron chi connectivity index (χ4n) is 3.38. The van der Waals surface area contributed by atoms with Gasteiger partial charge in [0.05, 0.1) is 7.11 Å². The fourth-order valence-corrected chi connectivity index (χ4v) is 3.38. The zero-order valence-corrected chi connectivity index (χ0v) is 15.8. The van der Waals surface area contributed by atoms with E-state index in [1.165, 1.54) is 11.3 Å². The van der Waals surface area contributed by atoms with Crippen LogP contribution in [0.3, 0.4) is 0 Å². The van der Waals surface area contributed by atoms with Crippen LogP contribution in [-0.4, -0.2) is 29.8 Å². The van der Waals surface area contributed by atoms with Gasteiger partial charge >= 0.3 is 0 Å². The number of benzene rings is 2. The van der Waals surface area contributed by atoms with E-state index in [1.807, 2.05) is 36.4 Å². The topological polar surface area (TPSA) is 67.3 Å². The number of carbonyl (C=O) groups excluding carboxylic acids is 1. The Morgan fingerprint density at radius 3 is 2.64 bits per heavy atom. The van der Waals surface area contributed by atoms with E-state index in [0.717, 1.165) is 36.5 Å². The summed E-state index contributed by atoms with van der Waals surface area (Å²) in [5.41, 5.74) is 3.78. The van der Waals surface area contributed by atoms with Crippen LogP contribution in [0.15, 0.2) is 60.7 Å². The molecule has 0 saturated carbocycles. The highest BCUT2D eigenvalue weighted by atomic mass is 16.5. The minimum atomic E-state index is -0.242. The largest absolute Gasteiger partial charge is 0.497 e. The Kier molecular flexibility index (Phi) is 5.19. The van der Waals surface area contributed by atoms with Crippen molar-refractivity contribution in [2.45, 2.75) is 19.4 Å². The molecule has 0 atom stereocenters. The van der Waals surface area contributed by atoms with Crippen LogP contribution in [0.5, 0.6) is 5.75 Å². The first-order valence-electron chi connectivity index (χ1n) is 9.35. The second-order valence-electron chi connectivity index (χ2n) is 6.69. The quantitative estimate of drug-likeness (QED) is 0.740. The van der Waals surface area contributed by atoms with E-state index in [2.05, 4.69) is 38.6 Å². The number of amides is 1. The molecule has 0 saturated heterocycles. The summed E-state index contributed by atoms with van der Waals surface area (Å²) in [4.78, 5) is 14.5. The molecule has 1 aromatic heterocycles. The summed E-state index contributed by atoms with van der Waals surface area (Å²) in [5.74, 6) is 1.31. The molecular weight excluding hydrogens is 352 g/mol. The van der Waals surface area contributed by atoms with Gasteiger partial charge in [0.1, 0.15) is 5.75 Å². The average Bonchev–Trinajstić information content (AvgIpc) is 2.77. The van der Waals surface area contributed by atoms with Gasteiger partial charge in [-0.1, -0.05) is 30.3 Å². The highest BCUT2D eigenvalue weighted by Crippen LogP contribution is 2.31. The van der Waals surface area contributed by atoms with Crippen LogP contribution in [0, 0.1) is 0 Å². The van der Waals surface area contributed by atoms with E-state index in [4.69, 9.17) is 4.74 Å². The number of methoxy groups -OCH3 is 1. The smallest absolute Gasteiger partial charge is 0.272 e. The summed E-state index contributed by atoms with van der Waals surface area (Å²) in [7, 11) is 1.63. The molecule has 1 aliphatic rings. The standard InChI is InChI=1S/C22H22N4O2/c1-28-18-10-8-16(9-11-18)15-23-22(27)19-12-13-21(25-24-19)26-14-4-6-17-5-2-3-7-20(17)26/h2-3,5,7-13H,4,6,14-15H2,1H3,(H,23,27). The number of fused-ring (bicyclic) bond motifs is 1. The number of aromatic nitrogens is 2. The molecule has 2 heterocycles. The van der Waals surface area contributed by atoms with Gasteiger partial charge in [-0.3, -0.25) is 4.79 Å². The lowest BCUT2D eigenvalue weighted by Gasteiger charge is -2.29. The van der Waals surface area contributed by atoms with E-state index in [1.54, 1.807) is 13.2 Å². The molecule has 3 aromatic rings. The molecule has 4 rings (SSSR count). The lowest BCUT2D eigenvalue weighted by Crippen LogP contribution is -2.27. The fraction of sp³-hybridized carbons (Fsp3) is 0.227.